The van der Waals surface area contributed by atoms with Gasteiger partial charge in [-0.1, -0.05) is 6.92 Å². The van der Waals surface area contributed by atoms with Gasteiger partial charge in [0.25, 0.3) is 0 Å². The van der Waals surface area contributed by atoms with Crippen LogP contribution < -0.4 is 4.48 Å². The molecule has 0 bridgehead atoms. The molecule has 1 aromatic rings. The minimum absolute atomic E-state index is 0.356. The van der Waals surface area contributed by atoms with Crippen molar-refractivity contribution in [3.63, 3.8) is 0 Å². The molecule has 0 aliphatic rings. The van der Waals surface area contributed by atoms with Crippen LogP contribution in [-0.2, 0) is 6.42 Å². The van der Waals surface area contributed by atoms with E-state index in [9.17, 15) is 5.11 Å². The van der Waals surface area contributed by atoms with Crippen LogP contribution in [0, 0.1) is 0 Å². The summed E-state index contributed by atoms with van der Waals surface area (Å²) in [5.74, 6) is 0.356. The molecule has 0 aliphatic heterocycles. The van der Waals surface area contributed by atoms with Crippen LogP contribution in [-0.4, -0.2) is 26.2 Å². The Labute approximate surface area is 80.0 Å². The maximum absolute atomic E-state index is 9.33. The first kappa shape index (κ1) is 10.1. The molecule has 0 spiro atoms. The van der Waals surface area contributed by atoms with E-state index in [1.165, 1.54) is 11.3 Å². The Morgan fingerprint density at radius 2 is 1.85 bits per heavy atom. The van der Waals surface area contributed by atoms with Gasteiger partial charge in [-0.05, 0) is 18.6 Å². The molecule has 0 amide bonds. The van der Waals surface area contributed by atoms with E-state index in [1.54, 1.807) is 6.07 Å². The second-order valence-electron chi connectivity index (χ2n) is 4.18. The zero-order chi connectivity index (χ0) is 10.1. The van der Waals surface area contributed by atoms with Crippen molar-refractivity contribution in [3.8, 4) is 5.75 Å². The number of phenols is 1. The van der Waals surface area contributed by atoms with Crippen molar-refractivity contribution in [2.45, 2.75) is 13.3 Å². The quantitative estimate of drug-likeness (QED) is 0.691. The molecule has 72 valence electrons. The van der Waals surface area contributed by atoms with Crippen molar-refractivity contribution >= 4 is 5.69 Å². The Morgan fingerprint density at radius 1 is 1.23 bits per heavy atom. The topological polar surface area (TPSA) is 20.2 Å². The summed E-state index contributed by atoms with van der Waals surface area (Å²) in [4.78, 5) is 0. The lowest BCUT2D eigenvalue weighted by molar-refractivity contribution is 0.465. The van der Waals surface area contributed by atoms with Crippen molar-refractivity contribution < 1.29 is 5.11 Å². The molecule has 0 fully saturated rings. The summed E-state index contributed by atoms with van der Waals surface area (Å²) in [5.41, 5.74) is 2.48. The third-order valence-corrected chi connectivity index (χ3v) is 2.17. The molecule has 0 saturated heterocycles. The highest BCUT2D eigenvalue weighted by Crippen LogP contribution is 2.26. The second-order valence-corrected chi connectivity index (χ2v) is 4.18. The largest absolute Gasteiger partial charge is 0.508 e. The molecule has 1 aromatic carbocycles. The molecule has 0 atom stereocenters. The Morgan fingerprint density at radius 3 is 2.31 bits per heavy atom. The number of phenolic OH excluding ortho intramolecular Hbond substituents is 1. The van der Waals surface area contributed by atoms with Crippen molar-refractivity contribution in [1.29, 1.82) is 0 Å². The molecule has 0 aliphatic carbocycles. The normalized spacial score (nSPS) is 11.7. The van der Waals surface area contributed by atoms with Gasteiger partial charge in [-0.2, -0.15) is 0 Å². The fraction of sp³-hybridized carbons (Fsp3) is 0.455. The number of aromatic hydroxyl groups is 1. The number of rotatable bonds is 2. The molecular formula is C11H18NO+. The Hall–Kier alpha value is -1.02. The van der Waals surface area contributed by atoms with Gasteiger partial charge in [0.15, 0.2) is 0 Å². The summed E-state index contributed by atoms with van der Waals surface area (Å²) in [6.07, 6.45) is 0.958. The first-order valence-electron chi connectivity index (χ1n) is 4.59. The molecule has 0 unspecified atom stereocenters. The summed E-state index contributed by atoms with van der Waals surface area (Å²) < 4.78 is 0.795. The van der Waals surface area contributed by atoms with Gasteiger partial charge < -0.3 is 5.11 Å². The lowest BCUT2D eigenvalue weighted by Gasteiger charge is -2.25. The van der Waals surface area contributed by atoms with E-state index in [0.29, 0.717) is 5.75 Å². The maximum atomic E-state index is 9.33. The fourth-order valence-corrected chi connectivity index (χ4v) is 1.51. The first-order chi connectivity index (χ1) is 5.95. The smallest absolute Gasteiger partial charge is 0.135 e. The van der Waals surface area contributed by atoms with Crippen LogP contribution in [0.1, 0.15) is 12.5 Å². The molecule has 1 rings (SSSR count). The summed E-state index contributed by atoms with van der Waals surface area (Å²) in [7, 11) is 6.39. The molecule has 13 heavy (non-hydrogen) atoms. The molecule has 2 heteroatoms. The highest BCUT2D eigenvalue weighted by atomic mass is 16.3. The Kier molecular flexibility index (Phi) is 2.62. The summed E-state index contributed by atoms with van der Waals surface area (Å²) in [6, 6.07) is 5.59. The van der Waals surface area contributed by atoms with Crippen LogP contribution in [0.5, 0.6) is 5.75 Å². The first-order valence-corrected chi connectivity index (χ1v) is 4.59. The zero-order valence-electron chi connectivity index (χ0n) is 8.83. The lowest BCUT2D eigenvalue weighted by atomic mass is 10.1. The number of nitrogens with zero attached hydrogens (tertiary/aromatic N) is 1. The van der Waals surface area contributed by atoms with Gasteiger partial charge in [0.2, 0.25) is 0 Å². The number of benzene rings is 1. The molecule has 1 N–H and O–H groups in total. The van der Waals surface area contributed by atoms with Crippen molar-refractivity contribution in [2.75, 3.05) is 21.1 Å². The van der Waals surface area contributed by atoms with E-state index >= 15 is 0 Å². The fourth-order valence-electron chi connectivity index (χ4n) is 1.51. The number of hydrogen-bond donors (Lipinski definition) is 1. The van der Waals surface area contributed by atoms with E-state index in [-0.39, 0.29) is 0 Å². The van der Waals surface area contributed by atoms with Crippen LogP contribution in [0.15, 0.2) is 18.2 Å². The number of hydrogen-bond acceptors (Lipinski definition) is 1. The zero-order valence-corrected chi connectivity index (χ0v) is 8.83. The van der Waals surface area contributed by atoms with Gasteiger partial charge >= 0.3 is 0 Å². The van der Waals surface area contributed by atoms with Crippen LogP contribution in [0.2, 0.25) is 0 Å². The molecule has 2 nitrogen and oxygen atoms in total. The predicted octanol–water partition coefficient (Wildman–Crippen LogP) is 2.15. The van der Waals surface area contributed by atoms with Gasteiger partial charge in [0.05, 0.1) is 21.1 Å². The summed E-state index contributed by atoms with van der Waals surface area (Å²) in [6.45, 7) is 2.11. The average molecular weight is 180 g/mol. The van der Waals surface area contributed by atoms with E-state index in [0.717, 1.165) is 10.9 Å². The van der Waals surface area contributed by atoms with Crippen LogP contribution in [0.4, 0.5) is 5.69 Å². The highest BCUT2D eigenvalue weighted by Gasteiger charge is 2.16. The standard InChI is InChI=1S/C11H17NO/c1-5-9-8-10(13)6-7-11(9)12(2,3)4/h6-8H,5H2,1-4H3/p+1. The Bertz CT molecular complexity index is 299. The average Bonchev–Trinajstić information content (AvgIpc) is 2.01. The number of quaternary nitrogens is 1. The minimum Gasteiger partial charge on any atom is -0.508 e. The van der Waals surface area contributed by atoms with Crippen molar-refractivity contribution in [3.05, 3.63) is 23.8 Å². The number of aryl methyl sites for hydroxylation is 1. The van der Waals surface area contributed by atoms with Gasteiger partial charge in [0, 0.05) is 11.6 Å². The molecule has 0 heterocycles. The molecule has 0 saturated carbocycles. The molecular weight excluding hydrogens is 162 g/mol. The Balaban J connectivity index is 3.22. The SMILES string of the molecule is CCc1cc(O)ccc1[N+](C)(C)C. The van der Waals surface area contributed by atoms with Gasteiger partial charge in [-0.3, -0.25) is 4.48 Å². The summed E-state index contributed by atoms with van der Waals surface area (Å²) in [5, 5.41) is 9.33. The molecule has 0 radical (unpaired) electrons. The van der Waals surface area contributed by atoms with Gasteiger partial charge in [-0.25, -0.2) is 0 Å². The lowest BCUT2D eigenvalue weighted by Crippen LogP contribution is -2.35. The van der Waals surface area contributed by atoms with Gasteiger partial charge in [0.1, 0.15) is 11.4 Å². The maximum Gasteiger partial charge on any atom is 0.135 e. The van der Waals surface area contributed by atoms with Crippen LogP contribution in [0.25, 0.3) is 0 Å². The summed E-state index contributed by atoms with van der Waals surface area (Å²) >= 11 is 0. The van der Waals surface area contributed by atoms with E-state index in [1.807, 2.05) is 12.1 Å². The van der Waals surface area contributed by atoms with Crippen LogP contribution in [0.3, 0.4) is 0 Å². The van der Waals surface area contributed by atoms with Gasteiger partial charge in [-0.15, -0.1) is 0 Å². The predicted molar refractivity (Wildman–Crippen MR) is 57.1 cm³/mol. The highest BCUT2D eigenvalue weighted by molar-refractivity contribution is 5.52. The van der Waals surface area contributed by atoms with E-state index in [4.69, 9.17) is 0 Å². The molecule has 0 aromatic heterocycles. The van der Waals surface area contributed by atoms with Crippen molar-refractivity contribution in [2.24, 2.45) is 0 Å². The monoisotopic (exact) mass is 180 g/mol. The third-order valence-electron chi connectivity index (χ3n) is 2.17. The minimum atomic E-state index is 0.356. The van der Waals surface area contributed by atoms with E-state index in [2.05, 4.69) is 28.1 Å². The van der Waals surface area contributed by atoms with Crippen LogP contribution >= 0.6 is 0 Å². The van der Waals surface area contributed by atoms with E-state index < -0.39 is 0 Å². The second kappa shape index (κ2) is 3.38. The third kappa shape index (κ3) is 2.22. The van der Waals surface area contributed by atoms with Crippen molar-refractivity contribution in [1.82, 2.24) is 4.48 Å².